The highest BCUT2D eigenvalue weighted by atomic mass is 32.2. The molecule has 0 saturated heterocycles. The standard InChI is InChI=1S/C18H16N2O3S2/c1-20-17(23)15-12-3-2-4-14(12)25-16(15)19-18(20)24-9-13(22)10-5-7-11(21)8-6-10/h5-8,21H,2-4,9H2,1H3. The molecule has 0 unspecified atom stereocenters. The maximum atomic E-state index is 12.7. The Balaban J connectivity index is 1.61. The van der Waals surface area contributed by atoms with Crippen molar-refractivity contribution in [3.05, 3.63) is 50.6 Å². The summed E-state index contributed by atoms with van der Waals surface area (Å²) in [6.07, 6.45) is 3.09. The number of benzene rings is 1. The van der Waals surface area contributed by atoms with Crippen LogP contribution in [0, 0.1) is 0 Å². The summed E-state index contributed by atoms with van der Waals surface area (Å²) < 4.78 is 1.54. The van der Waals surface area contributed by atoms with Crippen molar-refractivity contribution in [2.24, 2.45) is 7.05 Å². The molecule has 0 bridgehead atoms. The zero-order valence-electron chi connectivity index (χ0n) is 13.6. The van der Waals surface area contributed by atoms with Crippen molar-refractivity contribution in [1.82, 2.24) is 9.55 Å². The average Bonchev–Trinajstić information content (AvgIpc) is 3.17. The van der Waals surface area contributed by atoms with E-state index in [-0.39, 0.29) is 22.8 Å². The van der Waals surface area contributed by atoms with Crippen molar-refractivity contribution in [2.75, 3.05) is 5.75 Å². The molecule has 7 heteroatoms. The van der Waals surface area contributed by atoms with Gasteiger partial charge in [-0.15, -0.1) is 11.3 Å². The molecule has 0 amide bonds. The first kappa shape index (κ1) is 16.4. The third-order valence-corrected chi connectivity index (χ3v) is 6.64. The molecule has 0 saturated carbocycles. The number of thioether (sulfide) groups is 1. The zero-order valence-corrected chi connectivity index (χ0v) is 15.2. The number of Topliss-reactive ketones (excluding diaryl/α,β-unsaturated/α-hetero) is 1. The van der Waals surface area contributed by atoms with Crippen molar-refractivity contribution >= 4 is 39.1 Å². The topological polar surface area (TPSA) is 72.2 Å². The number of aryl methyl sites for hydroxylation is 2. The fraction of sp³-hybridized carbons (Fsp3) is 0.278. The number of carbonyl (C=O) groups excluding carboxylic acids is 1. The predicted molar refractivity (Wildman–Crippen MR) is 100 cm³/mol. The Hall–Kier alpha value is -2.12. The van der Waals surface area contributed by atoms with Crippen LogP contribution in [0.4, 0.5) is 0 Å². The molecule has 1 aromatic carbocycles. The second-order valence-corrected chi connectivity index (χ2v) is 8.08. The first-order valence-electron chi connectivity index (χ1n) is 8.01. The number of phenolic OH excluding ortho intramolecular Hbond substituents is 1. The number of aromatic hydroxyl groups is 1. The van der Waals surface area contributed by atoms with Gasteiger partial charge in [-0.05, 0) is 49.1 Å². The lowest BCUT2D eigenvalue weighted by atomic mass is 10.1. The molecule has 0 fully saturated rings. The molecule has 25 heavy (non-hydrogen) atoms. The van der Waals surface area contributed by atoms with E-state index in [1.807, 2.05) is 0 Å². The van der Waals surface area contributed by atoms with E-state index in [0.717, 1.165) is 29.5 Å². The van der Waals surface area contributed by atoms with Crippen molar-refractivity contribution in [3.63, 3.8) is 0 Å². The lowest BCUT2D eigenvalue weighted by Crippen LogP contribution is -2.20. The Morgan fingerprint density at radius 3 is 2.84 bits per heavy atom. The van der Waals surface area contributed by atoms with Crippen LogP contribution in [-0.2, 0) is 19.9 Å². The number of nitrogens with zero attached hydrogens (tertiary/aromatic N) is 2. The number of rotatable bonds is 4. The minimum atomic E-state index is -0.0620. The van der Waals surface area contributed by atoms with Crippen molar-refractivity contribution in [2.45, 2.75) is 24.4 Å². The number of hydrogen-bond acceptors (Lipinski definition) is 6. The number of aromatic nitrogens is 2. The Bertz CT molecular complexity index is 1040. The van der Waals surface area contributed by atoms with Gasteiger partial charge >= 0.3 is 0 Å². The second-order valence-electron chi connectivity index (χ2n) is 6.05. The normalized spacial score (nSPS) is 13.3. The van der Waals surface area contributed by atoms with Crippen LogP contribution >= 0.6 is 23.1 Å². The van der Waals surface area contributed by atoms with Gasteiger partial charge in [0.25, 0.3) is 5.56 Å². The van der Waals surface area contributed by atoms with Crippen LogP contribution in [0.25, 0.3) is 10.2 Å². The molecule has 0 aliphatic heterocycles. The quantitative estimate of drug-likeness (QED) is 0.433. The predicted octanol–water partition coefficient (Wildman–Crippen LogP) is 3.16. The number of phenols is 1. The molecule has 1 aliphatic carbocycles. The minimum absolute atomic E-state index is 0.0241. The number of carbonyl (C=O) groups is 1. The molecule has 0 spiro atoms. The van der Waals surface area contributed by atoms with Gasteiger partial charge in [0.15, 0.2) is 10.9 Å². The van der Waals surface area contributed by atoms with Crippen LogP contribution in [0.5, 0.6) is 5.75 Å². The summed E-state index contributed by atoms with van der Waals surface area (Å²) >= 11 is 2.88. The van der Waals surface area contributed by atoms with E-state index in [4.69, 9.17) is 0 Å². The van der Waals surface area contributed by atoms with Gasteiger partial charge in [-0.3, -0.25) is 14.2 Å². The maximum absolute atomic E-state index is 12.7. The molecule has 2 aromatic heterocycles. The third-order valence-electron chi connectivity index (χ3n) is 4.43. The molecular formula is C18H16N2O3S2. The summed E-state index contributed by atoms with van der Waals surface area (Å²) in [5.41, 5.74) is 1.68. The van der Waals surface area contributed by atoms with Crippen molar-refractivity contribution < 1.29 is 9.90 Å². The van der Waals surface area contributed by atoms with Gasteiger partial charge in [0.05, 0.1) is 11.1 Å². The molecule has 2 heterocycles. The van der Waals surface area contributed by atoms with Gasteiger partial charge in [-0.2, -0.15) is 0 Å². The monoisotopic (exact) mass is 372 g/mol. The largest absolute Gasteiger partial charge is 0.508 e. The average molecular weight is 372 g/mol. The number of fused-ring (bicyclic) bond motifs is 3. The van der Waals surface area contributed by atoms with Gasteiger partial charge in [0, 0.05) is 17.5 Å². The summed E-state index contributed by atoms with van der Waals surface area (Å²) in [6.45, 7) is 0. The highest BCUT2D eigenvalue weighted by Crippen LogP contribution is 2.35. The van der Waals surface area contributed by atoms with E-state index in [0.29, 0.717) is 10.7 Å². The fourth-order valence-corrected chi connectivity index (χ4v) is 5.26. The molecular weight excluding hydrogens is 356 g/mol. The Morgan fingerprint density at radius 1 is 1.32 bits per heavy atom. The SMILES string of the molecule is Cn1c(SCC(=O)c2ccc(O)cc2)nc2sc3c(c2c1=O)CCC3. The Labute approximate surface area is 152 Å². The van der Waals surface area contributed by atoms with Crippen LogP contribution in [-0.4, -0.2) is 26.2 Å². The van der Waals surface area contributed by atoms with Gasteiger partial charge in [-0.1, -0.05) is 11.8 Å². The zero-order chi connectivity index (χ0) is 17.6. The first-order chi connectivity index (χ1) is 12.0. The lowest BCUT2D eigenvalue weighted by molar-refractivity contribution is 0.102. The van der Waals surface area contributed by atoms with Crippen LogP contribution in [0.3, 0.4) is 0 Å². The summed E-state index contributed by atoms with van der Waals surface area (Å²) in [7, 11) is 1.71. The molecule has 5 nitrogen and oxygen atoms in total. The molecule has 1 aliphatic rings. The van der Waals surface area contributed by atoms with Gasteiger partial charge in [-0.25, -0.2) is 4.98 Å². The summed E-state index contributed by atoms with van der Waals surface area (Å²) in [5, 5.41) is 10.6. The molecule has 0 radical (unpaired) electrons. The number of ketones is 1. The highest BCUT2D eigenvalue weighted by molar-refractivity contribution is 7.99. The van der Waals surface area contributed by atoms with E-state index < -0.39 is 0 Å². The van der Waals surface area contributed by atoms with E-state index >= 15 is 0 Å². The number of thiophene rings is 1. The van der Waals surface area contributed by atoms with Gasteiger partial charge in [0.2, 0.25) is 0 Å². The van der Waals surface area contributed by atoms with Crippen LogP contribution in [0.2, 0.25) is 0 Å². The summed E-state index contributed by atoms with van der Waals surface area (Å²) in [6, 6.07) is 6.17. The molecule has 1 N–H and O–H groups in total. The van der Waals surface area contributed by atoms with Gasteiger partial charge in [0.1, 0.15) is 10.6 Å². The van der Waals surface area contributed by atoms with Crippen LogP contribution in [0.15, 0.2) is 34.2 Å². The summed E-state index contributed by atoms with van der Waals surface area (Å²) in [4.78, 5) is 31.7. The molecule has 0 atom stereocenters. The Morgan fingerprint density at radius 2 is 2.08 bits per heavy atom. The van der Waals surface area contributed by atoms with Crippen LogP contribution in [0.1, 0.15) is 27.2 Å². The van der Waals surface area contributed by atoms with E-state index in [2.05, 4.69) is 4.98 Å². The van der Waals surface area contributed by atoms with E-state index in [1.54, 1.807) is 35.1 Å². The van der Waals surface area contributed by atoms with Crippen molar-refractivity contribution in [3.8, 4) is 5.75 Å². The molecule has 128 valence electrons. The Kier molecular flexibility index (Phi) is 4.13. The second kappa shape index (κ2) is 6.31. The molecule has 3 aromatic rings. The first-order valence-corrected chi connectivity index (χ1v) is 9.81. The van der Waals surface area contributed by atoms with E-state index in [9.17, 15) is 14.7 Å². The minimum Gasteiger partial charge on any atom is -0.508 e. The lowest BCUT2D eigenvalue weighted by Gasteiger charge is -2.07. The van der Waals surface area contributed by atoms with E-state index in [1.165, 1.54) is 34.3 Å². The highest BCUT2D eigenvalue weighted by Gasteiger charge is 2.22. The molecule has 4 rings (SSSR count). The fourth-order valence-electron chi connectivity index (χ4n) is 3.10. The summed E-state index contributed by atoms with van der Waals surface area (Å²) in [5.74, 6) is 0.263. The smallest absolute Gasteiger partial charge is 0.262 e. The van der Waals surface area contributed by atoms with Crippen molar-refractivity contribution in [1.29, 1.82) is 0 Å². The van der Waals surface area contributed by atoms with Crippen LogP contribution < -0.4 is 5.56 Å². The third kappa shape index (κ3) is 2.87. The number of hydrogen-bond donors (Lipinski definition) is 1. The maximum Gasteiger partial charge on any atom is 0.262 e. The van der Waals surface area contributed by atoms with Gasteiger partial charge < -0.3 is 5.11 Å².